The number of hydrogen-bond acceptors (Lipinski definition) is 6. The second-order valence-electron chi connectivity index (χ2n) is 19.9. The van der Waals surface area contributed by atoms with Crippen LogP contribution in [0.2, 0.25) is 0 Å². The molecule has 1 atom stereocenters. The Kier molecular flexibility index (Phi) is 53.7. The van der Waals surface area contributed by atoms with Crippen LogP contribution in [0.25, 0.3) is 0 Å². The Morgan fingerprint density at radius 2 is 0.545 bits per heavy atom. The number of carbonyl (C=O) groups excluding carboxylic acids is 3. The van der Waals surface area contributed by atoms with Gasteiger partial charge in [-0.25, -0.2) is 0 Å². The first-order valence-electron chi connectivity index (χ1n) is 29.3. The van der Waals surface area contributed by atoms with Crippen molar-refractivity contribution in [2.24, 2.45) is 0 Å². The van der Waals surface area contributed by atoms with E-state index in [1.807, 2.05) is 0 Å². The highest BCUT2D eigenvalue weighted by Gasteiger charge is 2.19. The van der Waals surface area contributed by atoms with E-state index in [0.29, 0.717) is 19.3 Å². The molecule has 0 radical (unpaired) electrons. The summed E-state index contributed by atoms with van der Waals surface area (Å²) in [5, 5.41) is 0. The summed E-state index contributed by atoms with van der Waals surface area (Å²) < 4.78 is 16.9. The van der Waals surface area contributed by atoms with Crippen LogP contribution in [0.1, 0.15) is 323 Å². The van der Waals surface area contributed by atoms with Crippen LogP contribution in [-0.4, -0.2) is 37.2 Å². The van der Waals surface area contributed by atoms with Gasteiger partial charge in [-0.05, 0) is 51.4 Å². The molecule has 388 valence electrons. The van der Waals surface area contributed by atoms with Crippen molar-refractivity contribution < 1.29 is 28.6 Å². The van der Waals surface area contributed by atoms with Crippen molar-refractivity contribution in [1.82, 2.24) is 0 Å². The first-order valence-corrected chi connectivity index (χ1v) is 29.3. The van der Waals surface area contributed by atoms with Crippen LogP contribution < -0.4 is 0 Å². The van der Waals surface area contributed by atoms with Gasteiger partial charge in [-0.2, -0.15) is 0 Å². The fourth-order valence-corrected chi connectivity index (χ4v) is 8.77. The van der Waals surface area contributed by atoms with E-state index in [1.54, 1.807) is 0 Å². The van der Waals surface area contributed by atoms with Crippen molar-refractivity contribution in [2.75, 3.05) is 13.2 Å². The van der Waals surface area contributed by atoms with Crippen molar-refractivity contribution >= 4 is 17.9 Å². The Labute approximate surface area is 411 Å². The van der Waals surface area contributed by atoms with Crippen molar-refractivity contribution in [1.29, 1.82) is 0 Å². The molecule has 0 aliphatic rings. The molecule has 6 nitrogen and oxygen atoms in total. The monoisotopic (exact) mass is 929 g/mol. The van der Waals surface area contributed by atoms with Gasteiger partial charge < -0.3 is 14.2 Å². The van der Waals surface area contributed by atoms with E-state index in [9.17, 15) is 14.4 Å². The average Bonchev–Trinajstić information content (AvgIpc) is 3.31. The molecule has 0 aliphatic carbocycles. The molecule has 0 rings (SSSR count). The van der Waals surface area contributed by atoms with Gasteiger partial charge >= 0.3 is 17.9 Å². The largest absolute Gasteiger partial charge is 0.462 e. The van der Waals surface area contributed by atoms with Crippen molar-refractivity contribution in [3.8, 4) is 0 Å². The van der Waals surface area contributed by atoms with Crippen molar-refractivity contribution in [2.45, 2.75) is 329 Å². The summed E-state index contributed by atoms with van der Waals surface area (Å²) in [6.07, 6.45) is 64.5. The van der Waals surface area contributed by atoms with Crippen LogP contribution in [0.5, 0.6) is 0 Å². The highest BCUT2D eigenvalue weighted by Crippen LogP contribution is 2.17. The lowest BCUT2D eigenvalue weighted by Gasteiger charge is -2.18. The molecule has 6 heteroatoms. The fraction of sp³-hybridized carbons (Fsp3) is 0.883. The molecule has 0 aliphatic heterocycles. The summed E-state index contributed by atoms with van der Waals surface area (Å²) in [4.78, 5) is 38.1. The third-order valence-electron chi connectivity index (χ3n) is 13.2. The van der Waals surface area contributed by atoms with Gasteiger partial charge in [-0.1, -0.05) is 276 Å². The molecule has 0 aromatic heterocycles. The van der Waals surface area contributed by atoms with Gasteiger partial charge in [0.05, 0.1) is 0 Å². The molecule has 0 N–H and O–H groups in total. The first-order chi connectivity index (χ1) is 32.5. The summed E-state index contributed by atoms with van der Waals surface area (Å²) in [7, 11) is 0. The summed E-state index contributed by atoms with van der Waals surface area (Å²) in [5.74, 6) is -0.855. The van der Waals surface area contributed by atoms with Crippen LogP contribution in [0.4, 0.5) is 0 Å². The molecule has 0 unspecified atom stereocenters. The molecular formula is C60H112O6. The number of rotatable bonds is 54. The number of unbranched alkanes of at least 4 members (excludes halogenated alkanes) is 39. The highest BCUT2D eigenvalue weighted by molar-refractivity contribution is 5.71. The summed E-state index contributed by atoms with van der Waals surface area (Å²) >= 11 is 0. The van der Waals surface area contributed by atoms with Gasteiger partial charge in [0.1, 0.15) is 13.2 Å². The van der Waals surface area contributed by atoms with Gasteiger partial charge in [0.15, 0.2) is 6.10 Å². The molecule has 66 heavy (non-hydrogen) atoms. The Hall–Kier alpha value is -2.11. The van der Waals surface area contributed by atoms with Crippen LogP contribution in [0.15, 0.2) is 24.3 Å². The van der Waals surface area contributed by atoms with Gasteiger partial charge in [-0.3, -0.25) is 14.4 Å². The van der Waals surface area contributed by atoms with Crippen molar-refractivity contribution in [3.05, 3.63) is 24.3 Å². The molecule has 0 aromatic carbocycles. The number of ether oxygens (including phenoxy) is 3. The quantitative estimate of drug-likeness (QED) is 0.0262. The minimum atomic E-state index is -0.770. The molecule has 0 amide bonds. The fourth-order valence-electron chi connectivity index (χ4n) is 8.77. The number of esters is 3. The Balaban J connectivity index is 4.30. The van der Waals surface area contributed by atoms with Crippen LogP contribution >= 0.6 is 0 Å². The average molecular weight is 930 g/mol. The molecule has 0 saturated carbocycles. The lowest BCUT2D eigenvalue weighted by atomic mass is 10.0. The van der Waals surface area contributed by atoms with Gasteiger partial charge in [-0.15, -0.1) is 0 Å². The summed E-state index contributed by atoms with van der Waals surface area (Å²) in [5.41, 5.74) is 0. The maximum Gasteiger partial charge on any atom is 0.306 e. The number of hydrogen-bond donors (Lipinski definition) is 0. The van der Waals surface area contributed by atoms with Crippen molar-refractivity contribution in [3.63, 3.8) is 0 Å². The lowest BCUT2D eigenvalue weighted by Crippen LogP contribution is -2.30. The SMILES string of the molecule is CCCCC/C=C\C/C=C\CCCCCCCCCC(=O)O[C@@H](COC(=O)CCCCCCCCCCCCCC)COC(=O)CCCCCCCCCCCCCCCCCCCCC. The van der Waals surface area contributed by atoms with E-state index in [0.717, 1.165) is 70.6 Å². The summed E-state index contributed by atoms with van der Waals surface area (Å²) in [6, 6.07) is 0. The zero-order chi connectivity index (χ0) is 47.9. The van der Waals surface area contributed by atoms with E-state index in [2.05, 4.69) is 45.1 Å². The van der Waals surface area contributed by atoms with E-state index in [1.165, 1.54) is 212 Å². The minimum absolute atomic E-state index is 0.0689. The predicted molar refractivity (Wildman–Crippen MR) is 284 cm³/mol. The maximum atomic E-state index is 12.8. The van der Waals surface area contributed by atoms with Crippen LogP contribution in [-0.2, 0) is 28.6 Å². The third-order valence-corrected chi connectivity index (χ3v) is 13.2. The molecule has 0 fully saturated rings. The first kappa shape index (κ1) is 63.9. The third kappa shape index (κ3) is 52.9. The van der Waals surface area contributed by atoms with Gasteiger partial charge in [0.25, 0.3) is 0 Å². The summed E-state index contributed by atoms with van der Waals surface area (Å²) in [6.45, 7) is 6.66. The molecule has 0 saturated heterocycles. The van der Waals surface area contributed by atoms with E-state index >= 15 is 0 Å². The van der Waals surface area contributed by atoms with Crippen LogP contribution in [0, 0.1) is 0 Å². The number of allylic oxidation sites excluding steroid dienone is 4. The van der Waals surface area contributed by atoms with E-state index in [-0.39, 0.29) is 31.1 Å². The van der Waals surface area contributed by atoms with Crippen LogP contribution in [0.3, 0.4) is 0 Å². The highest BCUT2D eigenvalue weighted by atomic mass is 16.6. The molecule has 0 heterocycles. The van der Waals surface area contributed by atoms with Gasteiger partial charge in [0.2, 0.25) is 0 Å². The Bertz CT molecular complexity index is 1070. The second-order valence-corrected chi connectivity index (χ2v) is 19.9. The molecule has 0 bridgehead atoms. The van der Waals surface area contributed by atoms with E-state index < -0.39 is 6.10 Å². The van der Waals surface area contributed by atoms with Gasteiger partial charge in [0, 0.05) is 19.3 Å². The van der Waals surface area contributed by atoms with E-state index in [4.69, 9.17) is 14.2 Å². The minimum Gasteiger partial charge on any atom is -0.462 e. The second kappa shape index (κ2) is 55.5. The maximum absolute atomic E-state index is 12.8. The molecule has 0 aromatic rings. The predicted octanol–water partition coefficient (Wildman–Crippen LogP) is 19.5. The topological polar surface area (TPSA) is 78.9 Å². The zero-order valence-electron chi connectivity index (χ0n) is 44.5. The smallest absolute Gasteiger partial charge is 0.306 e. The number of carbonyl (C=O) groups is 3. The Morgan fingerprint density at radius 3 is 0.864 bits per heavy atom. The standard InChI is InChI=1S/C60H112O6/c1-4-7-10-13-16-19-22-25-27-29-30-32-33-35-38-41-44-47-50-53-59(62)65-56-57(55-64-58(61)52-49-46-43-40-37-24-21-18-15-12-9-6-3)66-60(63)54-51-48-45-42-39-36-34-31-28-26-23-20-17-14-11-8-5-2/h17,20,26,28,57H,4-16,18-19,21-25,27,29-56H2,1-3H3/b20-17-,28-26-/t57-/m0/s1. The molecular weight excluding hydrogens is 817 g/mol. The molecule has 0 spiro atoms. The lowest BCUT2D eigenvalue weighted by molar-refractivity contribution is -0.167. The normalized spacial score (nSPS) is 12.1. The Morgan fingerprint density at radius 1 is 0.303 bits per heavy atom. The zero-order valence-corrected chi connectivity index (χ0v) is 44.5.